The Morgan fingerprint density at radius 2 is 1.88 bits per heavy atom. The molecule has 0 amide bonds. The van der Waals surface area contributed by atoms with Crippen LogP contribution in [0.5, 0.6) is 0 Å². The van der Waals surface area contributed by atoms with E-state index in [-0.39, 0.29) is 23.1 Å². The fraction of sp³-hybridized carbons (Fsp3) is 0.429. The zero-order valence-electron chi connectivity index (χ0n) is 15.2. The summed E-state index contributed by atoms with van der Waals surface area (Å²) in [7, 11) is 0. The minimum atomic E-state index is -0.157. The van der Waals surface area contributed by atoms with Gasteiger partial charge in [0.2, 0.25) is 0 Å². The molecule has 1 aromatic heterocycles. The molecule has 2 N–H and O–H groups in total. The van der Waals surface area contributed by atoms with Crippen LogP contribution in [0.4, 0.5) is 6.01 Å². The summed E-state index contributed by atoms with van der Waals surface area (Å²) in [5.41, 5.74) is 10.8. The van der Waals surface area contributed by atoms with Crippen molar-refractivity contribution in [2.45, 2.75) is 52.4 Å². The molecule has 0 saturated heterocycles. The number of aromatic nitrogens is 1. The van der Waals surface area contributed by atoms with Crippen LogP contribution in [0.3, 0.4) is 0 Å². The molecule has 0 bridgehead atoms. The van der Waals surface area contributed by atoms with E-state index in [1.54, 1.807) is 0 Å². The number of oxazole rings is 1. The summed E-state index contributed by atoms with van der Waals surface area (Å²) < 4.78 is 5.71. The summed E-state index contributed by atoms with van der Waals surface area (Å²) in [6.45, 7) is 8.60. The molecule has 2 aliphatic rings. The molecule has 4 nitrogen and oxygen atoms in total. The number of carbonyl (C=O) groups is 1. The number of anilines is 1. The predicted octanol–water partition coefficient (Wildman–Crippen LogP) is 4.67. The average Bonchev–Trinajstić information content (AvgIpc) is 3.02. The van der Waals surface area contributed by atoms with E-state index in [1.807, 2.05) is 0 Å². The number of hydrogen-bond donors (Lipinski definition) is 1. The van der Waals surface area contributed by atoms with Gasteiger partial charge in [-0.05, 0) is 28.9 Å². The Bertz CT molecular complexity index is 885. The third-order valence-electron chi connectivity index (χ3n) is 5.36. The van der Waals surface area contributed by atoms with Crippen LogP contribution in [0.15, 0.2) is 34.3 Å². The normalized spacial score (nSPS) is 21.6. The van der Waals surface area contributed by atoms with Crippen molar-refractivity contribution in [1.29, 1.82) is 0 Å². The largest absolute Gasteiger partial charge is 0.424 e. The van der Waals surface area contributed by atoms with Crippen LogP contribution >= 0.6 is 0 Å². The van der Waals surface area contributed by atoms with Gasteiger partial charge in [0.25, 0.3) is 6.01 Å². The molecule has 130 valence electrons. The van der Waals surface area contributed by atoms with Crippen molar-refractivity contribution >= 4 is 17.4 Å². The van der Waals surface area contributed by atoms with Crippen molar-refractivity contribution in [2.24, 2.45) is 5.41 Å². The average molecular weight is 336 g/mol. The number of nitrogens with zero attached hydrogens (tertiary/aromatic N) is 1. The van der Waals surface area contributed by atoms with E-state index < -0.39 is 0 Å². The third kappa shape index (κ3) is 2.51. The van der Waals surface area contributed by atoms with Crippen LogP contribution < -0.4 is 5.73 Å². The number of benzene rings is 1. The number of hydrogen-bond acceptors (Lipinski definition) is 4. The highest BCUT2D eigenvalue weighted by atomic mass is 16.4. The summed E-state index contributed by atoms with van der Waals surface area (Å²) in [4.78, 5) is 17.4. The number of carbonyl (C=O) groups excluding carboxylic acids is 1. The van der Waals surface area contributed by atoms with Crippen molar-refractivity contribution in [3.8, 4) is 0 Å². The first-order valence-corrected chi connectivity index (χ1v) is 8.89. The van der Waals surface area contributed by atoms with Gasteiger partial charge >= 0.3 is 0 Å². The smallest absolute Gasteiger partial charge is 0.292 e. The highest BCUT2D eigenvalue weighted by Gasteiger charge is 2.45. The number of Topliss-reactive ketones (excluding diaryl/α,β-unsaturated/α-hetero) is 1. The lowest BCUT2D eigenvalue weighted by molar-refractivity contribution is -0.117. The maximum Gasteiger partial charge on any atom is 0.292 e. The Morgan fingerprint density at radius 3 is 2.52 bits per heavy atom. The summed E-state index contributed by atoms with van der Waals surface area (Å²) >= 11 is 0. The van der Waals surface area contributed by atoms with Crippen molar-refractivity contribution in [2.75, 3.05) is 5.73 Å². The van der Waals surface area contributed by atoms with Gasteiger partial charge < -0.3 is 10.2 Å². The molecule has 0 radical (unpaired) electrons. The lowest BCUT2D eigenvalue weighted by atomic mass is 9.72. The highest BCUT2D eigenvalue weighted by Crippen LogP contribution is 2.54. The zero-order chi connectivity index (χ0) is 17.9. The maximum atomic E-state index is 12.9. The summed E-state index contributed by atoms with van der Waals surface area (Å²) in [6, 6.07) is 8.67. The molecular formula is C21H24N2O2. The first kappa shape index (κ1) is 16.1. The lowest BCUT2D eigenvalue weighted by Gasteiger charge is -2.30. The Morgan fingerprint density at radius 1 is 1.20 bits per heavy atom. The molecule has 0 aliphatic heterocycles. The Kier molecular flexibility index (Phi) is 3.43. The molecule has 4 heteroatoms. The van der Waals surface area contributed by atoms with E-state index in [1.165, 1.54) is 5.56 Å². The number of ketones is 1. The first-order chi connectivity index (χ1) is 11.8. The van der Waals surface area contributed by atoms with Crippen molar-refractivity contribution in [3.05, 3.63) is 52.4 Å². The van der Waals surface area contributed by atoms with Gasteiger partial charge in [0, 0.05) is 17.6 Å². The molecule has 2 aliphatic carbocycles. The van der Waals surface area contributed by atoms with Gasteiger partial charge in [-0.25, -0.2) is 0 Å². The van der Waals surface area contributed by atoms with Crippen LogP contribution in [0, 0.1) is 5.41 Å². The molecule has 0 unspecified atom stereocenters. The van der Waals surface area contributed by atoms with E-state index in [0.717, 1.165) is 28.8 Å². The molecule has 0 fully saturated rings. The fourth-order valence-corrected chi connectivity index (χ4v) is 4.17. The molecule has 1 aromatic carbocycles. The molecule has 25 heavy (non-hydrogen) atoms. The Labute approximate surface area is 148 Å². The molecule has 1 heterocycles. The Balaban J connectivity index is 1.86. The third-order valence-corrected chi connectivity index (χ3v) is 5.36. The molecule has 4 rings (SSSR count). The van der Waals surface area contributed by atoms with Crippen molar-refractivity contribution in [3.63, 3.8) is 0 Å². The van der Waals surface area contributed by atoms with E-state index >= 15 is 0 Å². The zero-order valence-corrected chi connectivity index (χ0v) is 15.2. The minimum absolute atomic E-state index is 0.0644. The second kappa shape index (κ2) is 5.32. The quantitative estimate of drug-likeness (QED) is 0.865. The van der Waals surface area contributed by atoms with Crippen LogP contribution in [-0.2, 0) is 4.79 Å². The van der Waals surface area contributed by atoms with Crippen molar-refractivity contribution in [1.82, 2.24) is 4.98 Å². The topological polar surface area (TPSA) is 69.1 Å². The van der Waals surface area contributed by atoms with Gasteiger partial charge in [0.15, 0.2) is 11.5 Å². The van der Waals surface area contributed by atoms with Gasteiger partial charge in [-0.2, -0.15) is 4.98 Å². The maximum absolute atomic E-state index is 12.9. The summed E-state index contributed by atoms with van der Waals surface area (Å²) in [6.07, 6.45) is 1.38. The first-order valence-electron chi connectivity index (χ1n) is 8.89. The highest BCUT2D eigenvalue weighted by molar-refractivity contribution is 6.08. The molecule has 0 saturated carbocycles. The standard InChI is InChI=1S/C21H24N2O2/c1-11(2)12-5-7-13(8-6-12)16-17-14(9-21(3,4)10-15(17)24)19-18(16)23-20(22)25-19/h5-8,11,16H,9-10H2,1-4H3,(H2,22,23)/t16-/m0/s1. The lowest BCUT2D eigenvalue weighted by Crippen LogP contribution is -2.25. The SMILES string of the molecule is CC(C)c1ccc([C@H]2C3=C(CC(C)(C)CC3=O)c3oc(N)nc32)cc1. The molecule has 1 atom stereocenters. The molecule has 0 spiro atoms. The van der Waals surface area contributed by atoms with Crippen LogP contribution in [0.25, 0.3) is 5.57 Å². The van der Waals surface area contributed by atoms with E-state index in [4.69, 9.17) is 10.2 Å². The second-order valence-corrected chi connectivity index (χ2v) is 8.35. The van der Waals surface area contributed by atoms with Gasteiger partial charge in [-0.1, -0.05) is 52.0 Å². The van der Waals surface area contributed by atoms with Gasteiger partial charge in [-0.3, -0.25) is 4.79 Å². The number of allylic oxidation sites excluding steroid dienone is 2. The minimum Gasteiger partial charge on any atom is -0.424 e. The molecular weight excluding hydrogens is 312 g/mol. The monoisotopic (exact) mass is 336 g/mol. The predicted molar refractivity (Wildman–Crippen MR) is 98.2 cm³/mol. The van der Waals surface area contributed by atoms with Crippen LogP contribution in [0.2, 0.25) is 0 Å². The van der Waals surface area contributed by atoms with Gasteiger partial charge in [-0.15, -0.1) is 0 Å². The summed E-state index contributed by atoms with van der Waals surface area (Å²) in [5, 5.41) is 0. The Hall–Kier alpha value is -2.36. The number of fused-ring (bicyclic) bond motifs is 2. The summed E-state index contributed by atoms with van der Waals surface area (Å²) in [5.74, 6) is 1.24. The number of nitrogens with two attached hydrogens (primary N) is 1. The van der Waals surface area contributed by atoms with E-state index in [0.29, 0.717) is 18.1 Å². The second-order valence-electron chi connectivity index (χ2n) is 8.35. The van der Waals surface area contributed by atoms with Crippen LogP contribution in [0.1, 0.15) is 75.0 Å². The number of rotatable bonds is 2. The number of nitrogen functional groups attached to an aromatic ring is 1. The van der Waals surface area contributed by atoms with Crippen LogP contribution in [-0.4, -0.2) is 10.8 Å². The van der Waals surface area contributed by atoms with Crippen molar-refractivity contribution < 1.29 is 9.21 Å². The van der Waals surface area contributed by atoms with Gasteiger partial charge in [0.1, 0.15) is 5.69 Å². The van der Waals surface area contributed by atoms with E-state index in [9.17, 15) is 4.79 Å². The van der Waals surface area contributed by atoms with Gasteiger partial charge in [0.05, 0.1) is 5.92 Å². The fourth-order valence-electron chi connectivity index (χ4n) is 4.17. The van der Waals surface area contributed by atoms with E-state index in [2.05, 4.69) is 56.9 Å². The molecule has 2 aromatic rings.